The van der Waals surface area contributed by atoms with Gasteiger partial charge in [0.1, 0.15) is 19.0 Å². The first kappa shape index (κ1) is 22.2. The van der Waals surface area contributed by atoms with Crippen molar-refractivity contribution >= 4 is 5.91 Å². The summed E-state index contributed by atoms with van der Waals surface area (Å²) in [5.41, 5.74) is 1.10. The topological polar surface area (TPSA) is 67.2 Å². The summed E-state index contributed by atoms with van der Waals surface area (Å²) in [6.07, 6.45) is 1.68. The van der Waals surface area contributed by atoms with E-state index >= 15 is 0 Å². The van der Waals surface area contributed by atoms with Crippen LogP contribution in [0.4, 0.5) is 0 Å². The highest BCUT2D eigenvalue weighted by molar-refractivity contribution is 5.78. The molecule has 3 rings (SSSR count). The smallest absolute Gasteiger partial charge is 0.234 e. The van der Waals surface area contributed by atoms with Crippen LogP contribution in [0.2, 0.25) is 0 Å². The van der Waals surface area contributed by atoms with Gasteiger partial charge in [0.15, 0.2) is 11.5 Å². The number of likely N-dealkylation sites (N-methyl/N-ethyl adjacent to an activating group) is 2. The van der Waals surface area contributed by atoms with Gasteiger partial charge in [0, 0.05) is 13.1 Å². The van der Waals surface area contributed by atoms with Crippen molar-refractivity contribution in [2.75, 3.05) is 45.9 Å². The Morgan fingerprint density at radius 3 is 2.50 bits per heavy atom. The molecule has 2 heterocycles. The predicted octanol–water partition coefficient (Wildman–Crippen LogP) is 3.07. The van der Waals surface area contributed by atoms with Crippen molar-refractivity contribution in [3.63, 3.8) is 0 Å². The first-order chi connectivity index (χ1) is 14.6. The molecule has 1 aliphatic heterocycles. The lowest BCUT2D eigenvalue weighted by Gasteiger charge is -2.28. The largest absolute Gasteiger partial charge is 0.486 e. The number of ether oxygens (including phenoxy) is 2. The van der Waals surface area contributed by atoms with Gasteiger partial charge in [0.2, 0.25) is 5.91 Å². The third kappa shape index (κ3) is 5.77. The van der Waals surface area contributed by atoms with Gasteiger partial charge in [-0.2, -0.15) is 0 Å². The third-order valence-electron chi connectivity index (χ3n) is 5.44. The molecule has 2 aromatic rings. The Balaban J connectivity index is 1.55. The zero-order valence-electron chi connectivity index (χ0n) is 18.2. The van der Waals surface area contributed by atoms with E-state index in [-0.39, 0.29) is 11.9 Å². The summed E-state index contributed by atoms with van der Waals surface area (Å²) in [6.45, 7) is 11.6. The van der Waals surface area contributed by atoms with E-state index in [1.807, 2.05) is 30.3 Å². The summed E-state index contributed by atoms with van der Waals surface area (Å²) in [7, 11) is 0. The van der Waals surface area contributed by atoms with Gasteiger partial charge in [0.25, 0.3) is 0 Å². The Kier molecular flexibility index (Phi) is 8.16. The van der Waals surface area contributed by atoms with Crippen LogP contribution in [0.25, 0.3) is 0 Å². The number of amides is 1. The van der Waals surface area contributed by atoms with Crippen molar-refractivity contribution in [1.82, 2.24) is 15.1 Å². The molecule has 0 saturated heterocycles. The zero-order valence-corrected chi connectivity index (χ0v) is 18.2. The van der Waals surface area contributed by atoms with E-state index < -0.39 is 0 Å². The molecule has 0 spiro atoms. The molecule has 7 nitrogen and oxygen atoms in total. The lowest BCUT2D eigenvalue weighted by molar-refractivity contribution is -0.122. The first-order valence-electron chi connectivity index (χ1n) is 10.8. The number of nitrogens with zero attached hydrogens (tertiary/aromatic N) is 2. The second-order valence-electron chi connectivity index (χ2n) is 7.34. The molecule has 0 radical (unpaired) electrons. The molecule has 1 aromatic carbocycles. The van der Waals surface area contributed by atoms with Crippen LogP contribution in [-0.4, -0.2) is 61.6 Å². The Morgan fingerprint density at radius 2 is 1.83 bits per heavy atom. The number of carbonyl (C=O) groups excluding carboxylic acids is 1. The fourth-order valence-electron chi connectivity index (χ4n) is 3.75. The van der Waals surface area contributed by atoms with Crippen molar-refractivity contribution < 1.29 is 18.7 Å². The zero-order chi connectivity index (χ0) is 21.3. The first-order valence-corrected chi connectivity index (χ1v) is 10.8. The quantitative estimate of drug-likeness (QED) is 0.608. The second-order valence-corrected chi connectivity index (χ2v) is 7.34. The summed E-state index contributed by atoms with van der Waals surface area (Å²) in [4.78, 5) is 17.1. The number of benzene rings is 1. The van der Waals surface area contributed by atoms with Gasteiger partial charge >= 0.3 is 0 Å². The second kappa shape index (κ2) is 11.0. The summed E-state index contributed by atoms with van der Waals surface area (Å²) in [5, 5.41) is 3.09. The monoisotopic (exact) mass is 415 g/mol. The van der Waals surface area contributed by atoms with Crippen molar-refractivity contribution in [2.24, 2.45) is 0 Å². The van der Waals surface area contributed by atoms with Gasteiger partial charge in [-0.15, -0.1) is 0 Å². The fourth-order valence-corrected chi connectivity index (χ4v) is 3.75. The Bertz CT molecular complexity index is 790. The summed E-state index contributed by atoms with van der Waals surface area (Å²) in [5.74, 6) is 2.45. The molecule has 0 fully saturated rings. The number of rotatable bonds is 11. The normalized spacial score (nSPS) is 14.2. The van der Waals surface area contributed by atoms with E-state index in [1.54, 1.807) is 6.26 Å². The Labute approximate surface area is 178 Å². The minimum Gasteiger partial charge on any atom is -0.486 e. The number of hydrogen-bond donors (Lipinski definition) is 1. The molecule has 1 atom stereocenters. The van der Waals surface area contributed by atoms with E-state index in [4.69, 9.17) is 13.9 Å². The molecule has 1 aliphatic rings. The standard InChI is InChI=1S/C23H33N3O4/c1-4-25(16-18-9-10-21-22(14-18)30-13-12-29-21)17-23(27)24-15-19(26(5-2)6-3)20-8-7-11-28-20/h7-11,14,19H,4-6,12-13,15-17H2,1-3H3,(H,24,27). The average Bonchev–Trinajstić information content (AvgIpc) is 3.30. The predicted molar refractivity (Wildman–Crippen MR) is 116 cm³/mol. The fraction of sp³-hybridized carbons (Fsp3) is 0.522. The number of furan rings is 1. The van der Waals surface area contributed by atoms with Crippen LogP contribution in [0, 0.1) is 0 Å². The van der Waals surface area contributed by atoms with Gasteiger partial charge in [-0.25, -0.2) is 0 Å². The SMILES string of the molecule is CCN(CC(=O)NCC(c1ccco1)N(CC)CC)Cc1ccc2c(c1)OCCO2. The minimum atomic E-state index is 0.0121. The number of nitrogens with one attached hydrogen (secondary N) is 1. The molecule has 0 saturated carbocycles. The van der Waals surface area contributed by atoms with Crippen molar-refractivity contribution in [1.29, 1.82) is 0 Å². The average molecular weight is 416 g/mol. The lowest BCUT2D eigenvalue weighted by Crippen LogP contribution is -2.42. The van der Waals surface area contributed by atoms with E-state index in [0.717, 1.165) is 42.5 Å². The number of fused-ring (bicyclic) bond motifs is 1. The van der Waals surface area contributed by atoms with Gasteiger partial charge in [-0.3, -0.25) is 14.6 Å². The molecule has 0 aliphatic carbocycles. The van der Waals surface area contributed by atoms with Crippen molar-refractivity contribution in [3.8, 4) is 11.5 Å². The molecule has 30 heavy (non-hydrogen) atoms. The van der Waals surface area contributed by atoms with Crippen LogP contribution in [0.15, 0.2) is 41.0 Å². The highest BCUT2D eigenvalue weighted by atomic mass is 16.6. The maximum absolute atomic E-state index is 12.7. The number of carbonyl (C=O) groups is 1. The molecule has 0 bridgehead atoms. The highest BCUT2D eigenvalue weighted by Gasteiger charge is 2.22. The van der Waals surface area contributed by atoms with Crippen LogP contribution < -0.4 is 14.8 Å². The maximum Gasteiger partial charge on any atom is 0.234 e. The van der Waals surface area contributed by atoms with Crippen LogP contribution in [-0.2, 0) is 11.3 Å². The van der Waals surface area contributed by atoms with Crippen molar-refractivity contribution in [3.05, 3.63) is 47.9 Å². The molecule has 1 N–H and O–H groups in total. The minimum absolute atomic E-state index is 0.0121. The van der Waals surface area contributed by atoms with E-state index in [2.05, 4.69) is 35.9 Å². The van der Waals surface area contributed by atoms with E-state index in [0.29, 0.717) is 32.8 Å². The molecular formula is C23H33N3O4. The van der Waals surface area contributed by atoms with Gasteiger partial charge in [-0.05, 0) is 49.5 Å². The molecule has 7 heteroatoms. The highest BCUT2D eigenvalue weighted by Crippen LogP contribution is 2.31. The molecular weight excluding hydrogens is 382 g/mol. The molecule has 1 unspecified atom stereocenters. The number of hydrogen-bond acceptors (Lipinski definition) is 6. The summed E-state index contributed by atoms with van der Waals surface area (Å²) >= 11 is 0. The van der Waals surface area contributed by atoms with Crippen LogP contribution in [0.5, 0.6) is 11.5 Å². The molecule has 1 aromatic heterocycles. The van der Waals surface area contributed by atoms with E-state index in [1.165, 1.54) is 0 Å². The third-order valence-corrected chi connectivity index (χ3v) is 5.44. The molecule has 164 valence electrons. The maximum atomic E-state index is 12.7. The van der Waals surface area contributed by atoms with Crippen molar-refractivity contribution in [2.45, 2.75) is 33.4 Å². The van der Waals surface area contributed by atoms with Gasteiger partial charge < -0.3 is 19.2 Å². The lowest BCUT2D eigenvalue weighted by atomic mass is 10.1. The van der Waals surface area contributed by atoms with Gasteiger partial charge in [0.05, 0.1) is 18.8 Å². The summed E-state index contributed by atoms with van der Waals surface area (Å²) in [6, 6.07) is 9.86. The van der Waals surface area contributed by atoms with E-state index in [9.17, 15) is 4.79 Å². The van der Waals surface area contributed by atoms with Gasteiger partial charge in [-0.1, -0.05) is 26.8 Å². The molecule has 1 amide bonds. The van der Waals surface area contributed by atoms with Crippen LogP contribution in [0.3, 0.4) is 0 Å². The van der Waals surface area contributed by atoms with Crippen LogP contribution in [0.1, 0.15) is 38.1 Å². The van der Waals surface area contributed by atoms with Crippen LogP contribution >= 0.6 is 0 Å². The Morgan fingerprint density at radius 1 is 1.07 bits per heavy atom. The summed E-state index contributed by atoms with van der Waals surface area (Å²) < 4.78 is 16.9. The Hall–Kier alpha value is -2.51.